The monoisotopic (exact) mass is 390 g/mol. The van der Waals surface area contributed by atoms with Crippen LogP contribution in [0.15, 0.2) is 0 Å². The molecule has 0 rings (SSSR count). The van der Waals surface area contributed by atoms with E-state index in [0.29, 0.717) is 18.6 Å². The summed E-state index contributed by atoms with van der Waals surface area (Å²) in [4.78, 5) is 46.8. The van der Waals surface area contributed by atoms with Crippen molar-refractivity contribution in [2.24, 2.45) is 11.7 Å². The maximum Gasteiger partial charge on any atom is 0.325 e. The smallest absolute Gasteiger partial charge is 0.325 e. The first-order valence-corrected chi connectivity index (χ1v) is 9.82. The molecule has 3 atom stereocenters. The fraction of sp³-hybridized carbons (Fsp3) is 0.750. The second-order valence-electron chi connectivity index (χ2n) is 6.42. The predicted octanol–water partition coefficient (Wildman–Crippen LogP) is -0.697. The van der Waals surface area contributed by atoms with E-state index < -0.39 is 41.8 Å². The number of hydrogen-bond donors (Lipinski definition) is 5. The number of amides is 3. The van der Waals surface area contributed by atoms with Gasteiger partial charge in [0.2, 0.25) is 17.7 Å². The summed E-state index contributed by atoms with van der Waals surface area (Å²) in [5.74, 6) is -1.84. The van der Waals surface area contributed by atoms with Gasteiger partial charge in [-0.3, -0.25) is 19.2 Å². The summed E-state index contributed by atoms with van der Waals surface area (Å²) in [6.07, 6.45) is 2.76. The van der Waals surface area contributed by atoms with Crippen molar-refractivity contribution < 1.29 is 24.3 Å². The van der Waals surface area contributed by atoms with Gasteiger partial charge in [0.15, 0.2) is 0 Å². The molecule has 0 heterocycles. The number of carbonyl (C=O) groups is 4. The van der Waals surface area contributed by atoms with Gasteiger partial charge >= 0.3 is 5.97 Å². The molecule has 0 aliphatic heterocycles. The molecule has 10 heteroatoms. The molecule has 0 aromatic rings. The van der Waals surface area contributed by atoms with Crippen LogP contribution in [0.4, 0.5) is 0 Å². The van der Waals surface area contributed by atoms with Crippen LogP contribution in [-0.2, 0) is 19.2 Å². The van der Waals surface area contributed by atoms with Crippen molar-refractivity contribution in [2.75, 3.05) is 18.6 Å². The second-order valence-corrected chi connectivity index (χ2v) is 7.41. The van der Waals surface area contributed by atoms with E-state index in [2.05, 4.69) is 16.0 Å². The van der Waals surface area contributed by atoms with Gasteiger partial charge in [-0.05, 0) is 37.7 Å². The number of carbonyl (C=O) groups excluding carboxylic acids is 3. The maximum atomic E-state index is 12.3. The Morgan fingerprint density at radius 2 is 1.69 bits per heavy atom. The van der Waals surface area contributed by atoms with Gasteiger partial charge in [0.05, 0.1) is 12.6 Å². The first-order chi connectivity index (χ1) is 12.1. The summed E-state index contributed by atoms with van der Waals surface area (Å²) in [6, 6.07) is -2.57. The Morgan fingerprint density at radius 1 is 1.08 bits per heavy atom. The molecule has 0 bridgehead atoms. The average molecular weight is 391 g/mol. The minimum atomic E-state index is -1.17. The van der Waals surface area contributed by atoms with E-state index in [1.807, 2.05) is 20.1 Å². The van der Waals surface area contributed by atoms with Gasteiger partial charge in [-0.1, -0.05) is 13.8 Å². The van der Waals surface area contributed by atoms with Crippen LogP contribution in [0.3, 0.4) is 0 Å². The SMILES string of the molecule is CSCCC(NC(=O)C(N)CC(C)C)C(=O)NCC(=O)NC(C)C(=O)O. The van der Waals surface area contributed by atoms with Gasteiger partial charge in [0.25, 0.3) is 0 Å². The van der Waals surface area contributed by atoms with Gasteiger partial charge < -0.3 is 26.8 Å². The highest BCUT2D eigenvalue weighted by Crippen LogP contribution is 2.05. The summed E-state index contributed by atoms with van der Waals surface area (Å²) in [5, 5.41) is 16.0. The highest BCUT2D eigenvalue weighted by atomic mass is 32.2. The lowest BCUT2D eigenvalue weighted by atomic mass is 10.0. The standard InChI is InChI=1S/C16H30N4O5S/c1-9(2)7-11(17)14(22)20-12(5-6-26-4)15(23)18-8-13(21)19-10(3)16(24)25/h9-12H,5-8,17H2,1-4H3,(H,18,23)(H,19,21)(H,20,22)(H,24,25). The van der Waals surface area contributed by atoms with Gasteiger partial charge in [0.1, 0.15) is 12.1 Å². The van der Waals surface area contributed by atoms with Crippen LogP contribution in [0.1, 0.15) is 33.6 Å². The van der Waals surface area contributed by atoms with Crippen LogP contribution in [0.25, 0.3) is 0 Å². The van der Waals surface area contributed by atoms with E-state index in [-0.39, 0.29) is 12.5 Å². The first-order valence-electron chi connectivity index (χ1n) is 8.43. The molecule has 6 N–H and O–H groups in total. The zero-order valence-electron chi connectivity index (χ0n) is 15.7. The predicted molar refractivity (Wildman–Crippen MR) is 101 cm³/mol. The third kappa shape index (κ3) is 10.2. The first kappa shape index (κ1) is 24.2. The summed E-state index contributed by atoms with van der Waals surface area (Å²) in [5.41, 5.74) is 5.83. The summed E-state index contributed by atoms with van der Waals surface area (Å²) >= 11 is 1.52. The number of carboxylic acids is 1. The van der Waals surface area contributed by atoms with Gasteiger partial charge in [-0.15, -0.1) is 0 Å². The molecule has 0 spiro atoms. The topological polar surface area (TPSA) is 151 Å². The molecule has 0 aliphatic rings. The number of hydrogen-bond acceptors (Lipinski definition) is 6. The Labute approximate surface area is 158 Å². The van der Waals surface area contributed by atoms with Crippen molar-refractivity contribution in [2.45, 2.75) is 51.7 Å². The highest BCUT2D eigenvalue weighted by molar-refractivity contribution is 7.98. The molecule has 9 nitrogen and oxygen atoms in total. The van der Waals surface area contributed by atoms with Crippen molar-refractivity contribution in [3.8, 4) is 0 Å². The van der Waals surface area contributed by atoms with Crippen LogP contribution in [0.2, 0.25) is 0 Å². The molecular weight excluding hydrogens is 360 g/mol. The lowest BCUT2D eigenvalue weighted by molar-refractivity contribution is -0.141. The largest absolute Gasteiger partial charge is 0.480 e. The normalized spacial score (nSPS) is 14.2. The van der Waals surface area contributed by atoms with Crippen molar-refractivity contribution >= 4 is 35.5 Å². The number of carboxylic acid groups (broad SMARTS) is 1. The van der Waals surface area contributed by atoms with E-state index in [0.717, 1.165) is 0 Å². The molecule has 0 radical (unpaired) electrons. The van der Waals surface area contributed by atoms with E-state index in [9.17, 15) is 19.2 Å². The fourth-order valence-corrected chi connectivity index (χ4v) is 2.51. The Morgan fingerprint density at radius 3 is 2.19 bits per heavy atom. The van der Waals surface area contributed by atoms with Gasteiger partial charge in [0, 0.05) is 0 Å². The third-order valence-corrected chi connectivity index (χ3v) is 4.12. The molecule has 0 saturated heterocycles. The van der Waals surface area contributed by atoms with Crippen LogP contribution in [-0.4, -0.2) is 65.5 Å². The zero-order chi connectivity index (χ0) is 20.3. The second kappa shape index (κ2) is 12.5. The minimum Gasteiger partial charge on any atom is -0.480 e. The zero-order valence-corrected chi connectivity index (χ0v) is 16.5. The minimum absolute atomic E-state index is 0.245. The highest BCUT2D eigenvalue weighted by Gasteiger charge is 2.24. The van der Waals surface area contributed by atoms with Crippen LogP contribution in [0, 0.1) is 5.92 Å². The number of thioether (sulfide) groups is 1. The molecule has 0 aromatic heterocycles. The molecule has 0 saturated carbocycles. The van der Waals surface area contributed by atoms with Gasteiger partial charge in [-0.2, -0.15) is 11.8 Å². The fourth-order valence-electron chi connectivity index (χ4n) is 2.04. The van der Waals surface area contributed by atoms with Gasteiger partial charge in [-0.25, -0.2) is 0 Å². The van der Waals surface area contributed by atoms with E-state index in [1.54, 1.807) is 0 Å². The molecule has 150 valence electrons. The quantitative estimate of drug-likeness (QED) is 0.296. The summed E-state index contributed by atoms with van der Waals surface area (Å²) in [6.45, 7) is 4.84. The van der Waals surface area contributed by atoms with Crippen molar-refractivity contribution in [1.29, 1.82) is 0 Å². The van der Waals surface area contributed by atoms with E-state index >= 15 is 0 Å². The lowest BCUT2D eigenvalue weighted by Gasteiger charge is -2.21. The molecule has 26 heavy (non-hydrogen) atoms. The van der Waals surface area contributed by atoms with E-state index in [1.165, 1.54) is 18.7 Å². The van der Waals surface area contributed by atoms with Crippen LogP contribution < -0.4 is 21.7 Å². The van der Waals surface area contributed by atoms with E-state index in [4.69, 9.17) is 10.8 Å². The maximum absolute atomic E-state index is 12.3. The molecule has 0 fully saturated rings. The Kier molecular flexibility index (Phi) is 11.7. The number of aliphatic carboxylic acids is 1. The summed E-state index contributed by atoms with van der Waals surface area (Å²) < 4.78 is 0. The third-order valence-electron chi connectivity index (χ3n) is 3.48. The Balaban J connectivity index is 4.65. The van der Waals surface area contributed by atoms with Crippen LogP contribution in [0.5, 0.6) is 0 Å². The number of rotatable bonds is 12. The summed E-state index contributed by atoms with van der Waals surface area (Å²) in [7, 11) is 0. The lowest BCUT2D eigenvalue weighted by Crippen LogP contribution is -2.53. The molecular formula is C16H30N4O5S. The Bertz CT molecular complexity index is 501. The molecule has 3 amide bonds. The van der Waals surface area contributed by atoms with Crippen LogP contribution >= 0.6 is 11.8 Å². The Hall–Kier alpha value is -1.81. The molecule has 0 aliphatic carbocycles. The van der Waals surface area contributed by atoms with Crippen molar-refractivity contribution in [3.05, 3.63) is 0 Å². The average Bonchev–Trinajstić information content (AvgIpc) is 2.55. The number of nitrogens with two attached hydrogens (primary N) is 1. The number of nitrogens with one attached hydrogen (secondary N) is 3. The molecule has 0 aromatic carbocycles. The van der Waals surface area contributed by atoms with Crippen molar-refractivity contribution in [1.82, 2.24) is 16.0 Å². The van der Waals surface area contributed by atoms with Crippen molar-refractivity contribution in [3.63, 3.8) is 0 Å². The molecule has 3 unspecified atom stereocenters.